The van der Waals surface area contributed by atoms with E-state index in [1.807, 2.05) is 41.4 Å². The summed E-state index contributed by atoms with van der Waals surface area (Å²) in [5.74, 6) is 0.0290. The molecule has 32 heavy (non-hydrogen) atoms. The van der Waals surface area contributed by atoms with Gasteiger partial charge in [0.2, 0.25) is 5.91 Å². The van der Waals surface area contributed by atoms with Gasteiger partial charge in [0.25, 0.3) is 5.91 Å². The SMILES string of the molecule is O=C(CCc1c[nH]c2ccccc12)N1CCN(C(=O)c2cc(-c3cccnc3)n[nH]2)CC1. The second kappa shape index (κ2) is 8.66. The van der Waals surface area contributed by atoms with Gasteiger partial charge >= 0.3 is 0 Å². The van der Waals surface area contributed by atoms with Crippen LogP contribution in [0.1, 0.15) is 22.5 Å². The zero-order valence-corrected chi connectivity index (χ0v) is 17.6. The minimum Gasteiger partial charge on any atom is -0.361 e. The fourth-order valence-electron chi connectivity index (χ4n) is 4.16. The number of H-pyrrole nitrogens is 2. The first-order valence-electron chi connectivity index (χ1n) is 10.8. The Labute approximate surface area is 185 Å². The van der Waals surface area contributed by atoms with Gasteiger partial charge in [-0.3, -0.25) is 19.7 Å². The molecule has 0 atom stereocenters. The topological polar surface area (TPSA) is 98.0 Å². The summed E-state index contributed by atoms with van der Waals surface area (Å²) < 4.78 is 0. The van der Waals surface area contributed by atoms with Gasteiger partial charge in [-0.05, 0) is 36.2 Å². The first-order chi connectivity index (χ1) is 15.7. The van der Waals surface area contributed by atoms with Gasteiger partial charge in [0, 0.05) is 67.7 Å². The van der Waals surface area contributed by atoms with E-state index in [0.717, 1.165) is 16.6 Å². The summed E-state index contributed by atoms with van der Waals surface area (Å²) in [6.45, 7) is 2.11. The predicted molar refractivity (Wildman–Crippen MR) is 121 cm³/mol. The van der Waals surface area contributed by atoms with Crippen LogP contribution in [0.5, 0.6) is 0 Å². The smallest absolute Gasteiger partial charge is 0.272 e. The van der Waals surface area contributed by atoms with E-state index in [4.69, 9.17) is 0 Å². The van der Waals surface area contributed by atoms with E-state index >= 15 is 0 Å². The molecular formula is C24H24N6O2. The molecule has 0 spiro atoms. The molecule has 0 unspecified atom stereocenters. The number of aromatic amines is 2. The van der Waals surface area contributed by atoms with E-state index in [1.54, 1.807) is 23.4 Å². The quantitative estimate of drug-likeness (QED) is 0.511. The Hall–Kier alpha value is -3.94. The highest BCUT2D eigenvalue weighted by Gasteiger charge is 2.26. The summed E-state index contributed by atoms with van der Waals surface area (Å²) >= 11 is 0. The zero-order valence-electron chi connectivity index (χ0n) is 17.6. The zero-order chi connectivity index (χ0) is 21.9. The van der Waals surface area contributed by atoms with Crippen molar-refractivity contribution in [3.05, 3.63) is 72.3 Å². The molecule has 0 aliphatic carbocycles. The Morgan fingerprint density at radius 1 is 1.00 bits per heavy atom. The van der Waals surface area contributed by atoms with Gasteiger partial charge < -0.3 is 14.8 Å². The molecule has 4 aromatic rings. The van der Waals surface area contributed by atoms with Crippen molar-refractivity contribution in [2.24, 2.45) is 0 Å². The number of aromatic nitrogens is 4. The monoisotopic (exact) mass is 428 g/mol. The first kappa shape index (κ1) is 20.0. The van der Waals surface area contributed by atoms with Crippen molar-refractivity contribution >= 4 is 22.7 Å². The average molecular weight is 428 g/mol. The molecule has 8 nitrogen and oxygen atoms in total. The van der Waals surface area contributed by atoms with Gasteiger partial charge in [0.05, 0.1) is 5.69 Å². The highest BCUT2D eigenvalue weighted by molar-refractivity contribution is 5.93. The van der Waals surface area contributed by atoms with Crippen molar-refractivity contribution in [3.63, 3.8) is 0 Å². The Bertz CT molecular complexity index is 1240. The Balaban J connectivity index is 1.15. The van der Waals surface area contributed by atoms with Gasteiger partial charge in [-0.15, -0.1) is 0 Å². The van der Waals surface area contributed by atoms with Crippen LogP contribution in [0.4, 0.5) is 0 Å². The van der Waals surface area contributed by atoms with Crippen molar-refractivity contribution in [1.29, 1.82) is 0 Å². The lowest BCUT2D eigenvalue weighted by Crippen LogP contribution is -2.50. The van der Waals surface area contributed by atoms with E-state index < -0.39 is 0 Å². The Kier molecular flexibility index (Phi) is 5.41. The van der Waals surface area contributed by atoms with Crippen molar-refractivity contribution in [2.75, 3.05) is 26.2 Å². The van der Waals surface area contributed by atoms with Gasteiger partial charge in [0.15, 0.2) is 0 Å². The van der Waals surface area contributed by atoms with Gasteiger partial charge in [-0.2, -0.15) is 5.10 Å². The average Bonchev–Trinajstić information content (AvgIpc) is 3.50. The standard InChI is InChI=1S/C24H24N6O2/c31-23(8-7-17-16-26-20-6-2-1-5-19(17)20)29-10-12-30(13-11-29)24(32)22-14-21(27-28-22)18-4-3-9-25-15-18/h1-6,9,14-16,26H,7-8,10-13H2,(H,27,28). The number of aryl methyl sites for hydroxylation is 1. The van der Waals surface area contributed by atoms with Crippen molar-refractivity contribution in [3.8, 4) is 11.3 Å². The van der Waals surface area contributed by atoms with Crippen LogP contribution in [0.3, 0.4) is 0 Å². The van der Waals surface area contributed by atoms with Crippen LogP contribution in [-0.4, -0.2) is 68.0 Å². The van der Waals surface area contributed by atoms with Crippen molar-refractivity contribution < 1.29 is 9.59 Å². The van der Waals surface area contributed by atoms with Gasteiger partial charge in [-0.25, -0.2) is 0 Å². The van der Waals surface area contributed by atoms with E-state index in [-0.39, 0.29) is 11.8 Å². The van der Waals surface area contributed by atoms with E-state index in [2.05, 4.69) is 26.2 Å². The molecule has 1 saturated heterocycles. The lowest BCUT2D eigenvalue weighted by Gasteiger charge is -2.34. The summed E-state index contributed by atoms with van der Waals surface area (Å²) in [5.41, 5.74) is 4.24. The molecule has 8 heteroatoms. The molecular weight excluding hydrogens is 404 g/mol. The number of nitrogens with one attached hydrogen (secondary N) is 2. The molecule has 162 valence electrons. The molecule has 0 bridgehead atoms. The number of piperazine rings is 1. The lowest BCUT2D eigenvalue weighted by molar-refractivity contribution is -0.132. The number of amides is 2. The molecule has 2 amide bonds. The summed E-state index contributed by atoms with van der Waals surface area (Å²) in [7, 11) is 0. The molecule has 0 saturated carbocycles. The van der Waals surface area contributed by atoms with E-state index in [1.165, 1.54) is 5.39 Å². The number of hydrogen-bond donors (Lipinski definition) is 2. The van der Waals surface area contributed by atoms with Crippen molar-refractivity contribution in [1.82, 2.24) is 30.0 Å². The maximum atomic E-state index is 12.9. The molecule has 0 radical (unpaired) electrons. The van der Waals surface area contributed by atoms with Gasteiger partial charge in [0.1, 0.15) is 5.69 Å². The van der Waals surface area contributed by atoms with Crippen LogP contribution in [0.2, 0.25) is 0 Å². The number of nitrogens with zero attached hydrogens (tertiary/aromatic N) is 4. The highest BCUT2D eigenvalue weighted by atomic mass is 16.2. The Morgan fingerprint density at radius 3 is 2.62 bits per heavy atom. The second-order valence-electron chi connectivity index (χ2n) is 7.94. The summed E-state index contributed by atoms with van der Waals surface area (Å²) in [4.78, 5) is 36.6. The Morgan fingerprint density at radius 2 is 1.81 bits per heavy atom. The maximum Gasteiger partial charge on any atom is 0.272 e. The summed E-state index contributed by atoms with van der Waals surface area (Å²) in [6, 6.07) is 13.6. The number of para-hydroxylation sites is 1. The van der Waals surface area contributed by atoms with Crippen LogP contribution >= 0.6 is 0 Å². The molecule has 4 heterocycles. The molecule has 1 aliphatic heterocycles. The van der Waals surface area contributed by atoms with E-state index in [9.17, 15) is 9.59 Å². The van der Waals surface area contributed by atoms with Crippen LogP contribution < -0.4 is 0 Å². The molecule has 2 N–H and O–H groups in total. The largest absolute Gasteiger partial charge is 0.361 e. The number of carbonyl (C=O) groups is 2. The lowest BCUT2D eigenvalue weighted by atomic mass is 10.1. The molecule has 1 aliphatic rings. The third-order valence-corrected chi connectivity index (χ3v) is 5.97. The number of fused-ring (bicyclic) bond motifs is 1. The third kappa shape index (κ3) is 3.99. The van der Waals surface area contributed by atoms with Gasteiger partial charge in [-0.1, -0.05) is 18.2 Å². The first-order valence-corrected chi connectivity index (χ1v) is 10.8. The summed E-state index contributed by atoms with van der Waals surface area (Å²) in [5, 5.41) is 8.24. The fraction of sp³-hybridized carbons (Fsp3) is 0.250. The van der Waals surface area contributed by atoms with E-state index in [0.29, 0.717) is 50.4 Å². The van der Waals surface area contributed by atoms with Crippen LogP contribution in [0.25, 0.3) is 22.2 Å². The molecule has 1 aromatic carbocycles. The second-order valence-corrected chi connectivity index (χ2v) is 7.94. The predicted octanol–water partition coefficient (Wildman–Crippen LogP) is 2.87. The number of benzene rings is 1. The number of carbonyl (C=O) groups excluding carboxylic acids is 2. The number of pyridine rings is 1. The highest BCUT2D eigenvalue weighted by Crippen LogP contribution is 2.20. The van der Waals surface area contributed by atoms with Crippen LogP contribution in [0, 0.1) is 0 Å². The summed E-state index contributed by atoms with van der Waals surface area (Å²) in [6.07, 6.45) is 6.56. The molecule has 3 aromatic heterocycles. The van der Waals surface area contributed by atoms with Crippen LogP contribution in [0.15, 0.2) is 61.1 Å². The minimum absolute atomic E-state index is 0.0986. The minimum atomic E-state index is -0.0986. The fourth-order valence-corrected chi connectivity index (χ4v) is 4.16. The maximum absolute atomic E-state index is 12.9. The van der Waals surface area contributed by atoms with Crippen LogP contribution in [-0.2, 0) is 11.2 Å². The van der Waals surface area contributed by atoms with Crippen molar-refractivity contribution in [2.45, 2.75) is 12.8 Å². The molecule has 5 rings (SSSR count). The molecule has 1 fully saturated rings. The normalized spacial score (nSPS) is 14.1. The third-order valence-electron chi connectivity index (χ3n) is 5.97. The number of hydrogen-bond acceptors (Lipinski definition) is 4. The number of rotatable bonds is 5.